The third-order valence-electron chi connectivity index (χ3n) is 2.14. The minimum atomic E-state index is -0.298. The van der Waals surface area contributed by atoms with Gasteiger partial charge in [-0.25, -0.2) is 5.43 Å². The standard InChI is InChI=1S/C12H7Br3N2O2/c13-9-4-2-1-3-8(9)12(18)17-16-6-7-5-10(14)11(15)19-7/h1-6H,(H,17,18)/b16-6-. The van der Waals surface area contributed by atoms with Crippen LogP contribution in [0.1, 0.15) is 16.1 Å². The van der Waals surface area contributed by atoms with Gasteiger partial charge in [0.05, 0.1) is 16.3 Å². The average Bonchev–Trinajstić information content (AvgIpc) is 2.69. The number of carbonyl (C=O) groups is 1. The van der Waals surface area contributed by atoms with Crippen LogP contribution in [0.3, 0.4) is 0 Å². The van der Waals surface area contributed by atoms with Gasteiger partial charge in [-0.1, -0.05) is 12.1 Å². The molecule has 0 saturated carbocycles. The maximum absolute atomic E-state index is 11.8. The molecule has 19 heavy (non-hydrogen) atoms. The Labute approximate surface area is 134 Å². The molecule has 1 heterocycles. The third-order valence-corrected chi connectivity index (χ3v) is 4.54. The van der Waals surface area contributed by atoms with Crippen LogP contribution in [0.15, 0.2) is 53.5 Å². The number of amides is 1. The summed E-state index contributed by atoms with van der Waals surface area (Å²) >= 11 is 9.80. The fraction of sp³-hybridized carbons (Fsp3) is 0. The predicted octanol–water partition coefficient (Wildman–Crippen LogP) is 4.33. The van der Waals surface area contributed by atoms with Gasteiger partial charge in [-0.05, 0) is 59.9 Å². The lowest BCUT2D eigenvalue weighted by molar-refractivity contribution is 0.0954. The highest BCUT2D eigenvalue weighted by atomic mass is 79.9. The van der Waals surface area contributed by atoms with Crippen molar-refractivity contribution in [3.8, 4) is 0 Å². The van der Waals surface area contributed by atoms with Crippen molar-refractivity contribution in [2.75, 3.05) is 0 Å². The van der Waals surface area contributed by atoms with Crippen LogP contribution in [0.25, 0.3) is 0 Å². The second-order valence-corrected chi connectivity index (χ2v) is 5.88. The molecule has 0 atom stereocenters. The summed E-state index contributed by atoms with van der Waals surface area (Å²) in [6.07, 6.45) is 1.42. The molecule has 0 saturated heterocycles. The maximum Gasteiger partial charge on any atom is 0.272 e. The number of nitrogens with one attached hydrogen (secondary N) is 1. The molecule has 0 aliphatic heterocycles. The van der Waals surface area contributed by atoms with Gasteiger partial charge in [-0.15, -0.1) is 0 Å². The summed E-state index contributed by atoms with van der Waals surface area (Å²) < 4.78 is 7.36. The number of halogens is 3. The van der Waals surface area contributed by atoms with Crippen LogP contribution in [0.4, 0.5) is 0 Å². The van der Waals surface area contributed by atoms with Gasteiger partial charge in [0.15, 0.2) is 4.67 Å². The summed E-state index contributed by atoms with van der Waals surface area (Å²) in [5, 5.41) is 3.83. The molecule has 0 unspecified atom stereocenters. The van der Waals surface area contributed by atoms with Crippen molar-refractivity contribution in [3.63, 3.8) is 0 Å². The lowest BCUT2D eigenvalue weighted by Gasteiger charge is -2.01. The monoisotopic (exact) mass is 448 g/mol. The first-order valence-electron chi connectivity index (χ1n) is 5.10. The normalized spacial score (nSPS) is 10.9. The molecule has 1 aromatic heterocycles. The molecule has 2 aromatic rings. The topological polar surface area (TPSA) is 54.6 Å². The second kappa shape index (κ2) is 6.49. The molecule has 0 bridgehead atoms. The van der Waals surface area contributed by atoms with E-state index in [1.807, 2.05) is 6.07 Å². The second-order valence-electron chi connectivity index (χ2n) is 3.45. The van der Waals surface area contributed by atoms with Crippen molar-refractivity contribution in [2.45, 2.75) is 0 Å². The van der Waals surface area contributed by atoms with Gasteiger partial charge >= 0.3 is 0 Å². The molecule has 0 radical (unpaired) electrons. The molecule has 1 aromatic carbocycles. The van der Waals surface area contributed by atoms with Crippen molar-refractivity contribution >= 4 is 59.9 Å². The van der Waals surface area contributed by atoms with E-state index in [1.165, 1.54) is 6.21 Å². The Kier molecular flexibility index (Phi) is 4.95. The van der Waals surface area contributed by atoms with E-state index in [2.05, 4.69) is 58.3 Å². The fourth-order valence-electron chi connectivity index (χ4n) is 1.29. The third kappa shape index (κ3) is 3.77. The summed E-state index contributed by atoms with van der Waals surface area (Å²) in [7, 11) is 0. The number of rotatable bonds is 3. The predicted molar refractivity (Wildman–Crippen MR) is 83.3 cm³/mol. The van der Waals surface area contributed by atoms with Crippen molar-refractivity contribution in [3.05, 3.63) is 55.3 Å². The SMILES string of the molecule is O=C(N/N=C\c1cc(Br)c(Br)o1)c1ccccc1Br. The van der Waals surface area contributed by atoms with Crippen molar-refractivity contribution in [1.82, 2.24) is 5.43 Å². The Balaban J connectivity index is 2.03. The van der Waals surface area contributed by atoms with Gasteiger partial charge in [-0.3, -0.25) is 4.79 Å². The lowest BCUT2D eigenvalue weighted by Crippen LogP contribution is -2.17. The Bertz CT molecular complexity index is 618. The number of furan rings is 1. The highest BCUT2D eigenvalue weighted by Gasteiger charge is 2.08. The van der Waals surface area contributed by atoms with Crippen molar-refractivity contribution in [2.24, 2.45) is 5.10 Å². The number of hydrogen-bond donors (Lipinski definition) is 1. The minimum Gasteiger partial charge on any atom is -0.447 e. The van der Waals surface area contributed by atoms with E-state index in [-0.39, 0.29) is 5.91 Å². The Morgan fingerprint density at radius 1 is 1.21 bits per heavy atom. The molecule has 4 nitrogen and oxygen atoms in total. The quantitative estimate of drug-likeness (QED) is 0.559. The molecule has 7 heteroatoms. The number of nitrogens with zero attached hydrogens (tertiary/aromatic N) is 1. The molecule has 1 N–H and O–H groups in total. The molecule has 0 aliphatic carbocycles. The molecule has 0 spiro atoms. The first kappa shape index (κ1) is 14.5. The zero-order valence-corrected chi connectivity index (χ0v) is 14.1. The maximum atomic E-state index is 11.8. The van der Waals surface area contributed by atoms with Gasteiger partial charge in [0, 0.05) is 10.5 Å². The summed E-state index contributed by atoms with van der Waals surface area (Å²) in [6.45, 7) is 0. The van der Waals surface area contributed by atoms with E-state index in [4.69, 9.17) is 4.42 Å². The fourth-order valence-corrected chi connectivity index (χ4v) is 2.36. The minimum absolute atomic E-state index is 0.298. The summed E-state index contributed by atoms with van der Waals surface area (Å²) in [5.74, 6) is 0.222. The van der Waals surface area contributed by atoms with E-state index < -0.39 is 0 Å². The Morgan fingerprint density at radius 2 is 1.95 bits per heavy atom. The molecular weight excluding hydrogens is 444 g/mol. The van der Waals surface area contributed by atoms with Crippen LogP contribution >= 0.6 is 47.8 Å². The smallest absolute Gasteiger partial charge is 0.272 e. The van der Waals surface area contributed by atoms with E-state index in [1.54, 1.807) is 24.3 Å². The van der Waals surface area contributed by atoms with Crippen LogP contribution in [0, 0.1) is 0 Å². The molecule has 0 aliphatic rings. The Hall–Kier alpha value is -0.920. The number of benzene rings is 1. The van der Waals surface area contributed by atoms with Gasteiger partial charge < -0.3 is 4.42 Å². The number of hydrazone groups is 1. The first-order chi connectivity index (χ1) is 9.08. The van der Waals surface area contributed by atoms with E-state index in [0.29, 0.717) is 20.5 Å². The van der Waals surface area contributed by atoms with E-state index >= 15 is 0 Å². The van der Waals surface area contributed by atoms with Gasteiger partial charge in [0.1, 0.15) is 5.76 Å². The highest BCUT2D eigenvalue weighted by molar-refractivity contribution is 9.13. The van der Waals surface area contributed by atoms with Crippen molar-refractivity contribution in [1.29, 1.82) is 0 Å². The van der Waals surface area contributed by atoms with Crippen LogP contribution in [0.2, 0.25) is 0 Å². The first-order valence-corrected chi connectivity index (χ1v) is 7.48. The molecular formula is C12H7Br3N2O2. The Morgan fingerprint density at radius 3 is 2.58 bits per heavy atom. The van der Waals surface area contributed by atoms with Gasteiger partial charge in [0.25, 0.3) is 5.91 Å². The molecule has 98 valence electrons. The summed E-state index contributed by atoms with van der Waals surface area (Å²) in [5.41, 5.74) is 2.94. The van der Waals surface area contributed by atoms with Crippen LogP contribution in [-0.2, 0) is 0 Å². The molecule has 0 fully saturated rings. The van der Waals surface area contributed by atoms with Crippen LogP contribution in [0.5, 0.6) is 0 Å². The van der Waals surface area contributed by atoms with Crippen LogP contribution in [-0.4, -0.2) is 12.1 Å². The van der Waals surface area contributed by atoms with E-state index in [0.717, 1.165) is 4.47 Å². The number of hydrogen-bond acceptors (Lipinski definition) is 3. The lowest BCUT2D eigenvalue weighted by atomic mass is 10.2. The number of carbonyl (C=O) groups excluding carboxylic acids is 1. The van der Waals surface area contributed by atoms with Crippen molar-refractivity contribution < 1.29 is 9.21 Å². The van der Waals surface area contributed by atoms with Gasteiger partial charge in [-0.2, -0.15) is 5.10 Å². The van der Waals surface area contributed by atoms with E-state index in [9.17, 15) is 4.79 Å². The molecule has 2 rings (SSSR count). The summed E-state index contributed by atoms with van der Waals surface area (Å²) in [6, 6.07) is 8.85. The largest absolute Gasteiger partial charge is 0.447 e. The summed E-state index contributed by atoms with van der Waals surface area (Å²) in [4.78, 5) is 11.8. The molecule has 1 amide bonds. The highest BCUT2D eigenvalue weighted by Crippen LogP contribution is 2.25. The zero-order chi connectivity index (χ0) is 13.8. The average molecular weight is 451 g/mol. The van der Waals surface area contributed by atoms with Crippen LogP contribution < -0.4 is 5.43 Å². The zero-order valence-electron chi connectivity index (χ0n) is 9.36. The van der Waals surface area contributed by atoms with Gasteiger partial charge in [0.2, 0.25) is 0 Å².